The summed E-state index contributed by atoms with van der Waals surface area (Å²) < 4.78 is 112. The molecule has 2 heterocycles. The smallest absolute Gasteiger partial charge is 0.418 e. The van der Waals surface area contributed by atoms with Crippen LogP contribution in [0.1, 0.15) is 16.7 Å². The molecule has 3 nitrogen and oxygen atoms in total. The second kappa shape index (κ2) is 7.29. The van der Waals surface area contributed by atoms with Gasteiger partial charge in [0, 0.05) is 30.4 Å². The predicted octanol–water partition coefficient (Wildman–Crippen LogP) is 6.50. The molecule has 0 aliphatic carbocycles. The fourth-order valence-corrected chi connectivity index (χ4v) is 2.61. The van der Waals surface area contributed by atoms with E-state index < -0.39 is 58.1 Å². The molecule has 0 aliphatic rings. The van der Waals surface area contributed by atoms with Gasteiger partial charge in [-0.3, -0.25) is 0 Å². The number of halogens is 8. The lowest BCUT2D eigenvalue weighted by atomic mass is 10.1. The Morgan fingerprint density at radius 1 is 0.867 bits per heavy atom. The SMILES string of the molecule is Cc1c(F)c(Oc2cc(C(F)(F)F)cn2C)nc(-c2ccc(C(F)(F)F)cc2)c1F. The van der Waals surface area contributed by atoms with E-state index in [-0.39, 0.29) is 5.56 Å². The summed E-state index contributed by atoms with van der Waals surface area (Å²) in [4.78, 5) is 3.65. The van der Waals surface area contributed by atoms with E-state index in [1.165, 1.54) is 7.05 Å². The van der Waals surface area contributed by atoms with E-state index in [0.29, 0.717) is 24.4 Å². The van der Waals surface area contributed by atoms with Gasteiger partial charge in [-0.25, -0.2) is 13.8 Å². The minimum Gasteiger partial charge on any atom is -0.419 e. The Morgan fingerprint density at radius 3 is 1.93 bits per heavy atom. The monoisotopic (exact) mass is 436 g/mol. The summed E-state index contributed by atoms with van der Waals surface area (Å²) >= 11 is 0. The second-order valence-corrected chi connectivity index (χ2v) is 6.37. The van der Waals surface area contributed by atoms with Gasteiger partial charge in [-0.1, -0.05) is 12.1 Å². The molecule has 2 aromatic heterocycles. The van der Waals surface area contributed by atoms with Crippen LogP contribution in [0.25, 0.3) is 11.3 Å². The normalized spacial score (nSPS) is 12.3. The molecule has 0 N–H and O–H groups in total. The Balaban J connectivity index is 2.04. The van der Waals surface area contributed by atoms with E-state index in [1.54, 1.807) is 0 Å². The number of hydrogen-bond acceptors (Lipinski definition) is 2. The van der Waals surface area contributed by atoms with E-state index in [4.69, 9.17) is 4.74 Å². The third-order valence-electron chi connectivity index (χ3n) is 4.24. The summed E-state index contributed by atoms with van der Waals surface area (Å²) in [6, 6.07) is 3.89. The van der Waals surface area contributed by atoms with E-state index >= 15 is 0 Å². The number of aryl methyl sites for hydroxylation is 1. The molecule has 3 rings (SSSR count). The van der Waals surface area contributed by atoms with Crippen molar-refractivity contribution in [2.24, 2.45) is 7.05 Å². The zero-order valence-electron chi connectivity index (χ0n) is 15.3. The highest BCUT2D eigenvalue weighted by atomic mass is 19.4. The summed E-state index contributed by atoms with van der Waals surface area (Å²) in [5.41, 5.74) is -3.20. The quantitative estimate of drug-likeness (QED) is 0.438. The molecule has 0 spiro atoms. The molecular weight excluding hydrogens is 424 g/mol. The number of nitrogens with zero attached hydrogens (tertiary/aromatic N) is 2. The third-order valence-corrected chi connectivity index (χ3v) is 4.24. The minimum absolute atomic E-state index is 0.101. The van der Waals surface area contributed by atoms with Crippen molar-refractivity contribution in [1.29, 1.82) is 0 Å². The molecule has 0 bridgehead atoms. The van der Waals surface area contributed by atoms with Gasteiger partial charge in [0.2, 0.25) is 5.88 Å². The van der Waals surface area contributed by atoms with Crippen molar-refractivity contribution in [1.82, 2.24) is 9.55 Å². The maximum absolute atomic E-state index is 14.5. The average molecular weight is 436 g/mol. The molecule has 0 fully saturated rings. The third kappa shape index (κ3) is 4.10. The summed E-state index contributed by atoms with van der Waals surface area (Å²) in [5.74, 6) is -3.63. The van der Waals surface area contributed by atoms with E-state index in [1.807, 2.05) is 0 Å². The van der Waals surface area contributed by atoms with Crippen LogP contribution in [-0.4, -0.2) is 9.55 Å². The molecule has 11 heteroatoms. The zero-order valence-corrected chi connectivity index (χ0v) is 15.3. The van der Waals surface area contributed by atoms with Crippen molar-refractivity contribution in [3.05, 3.63) is 64.9 Å². The Labute approximate surface area is 164 Å². The number of benzene rings is 1. The summed E-state index contributed by atoms with van der Waals surface area (Å²) in [6.07, 6.45) is -8.57. The number of ether oxygens (including phenoxy) is 1. The largest absolute Gasteiger partial charge is 0.419 e. The van der Waals surface area contributed by atoms with Crippen LogP contribution >= 0.6 is 0 Å². The van der Waals surface area contributed by atoms with Crippen LogP contribution in [0.5, 0.6) is 11.8 Å². The number of aromatic nitrogens is 2. The van der Waals surface area contributed by atoms with Crippen LogP contribution in [0.2, 0.25) is 0 Å². The lowest BCUT2D eigenvalue weighted by Crippen LogP contribution is -2.05. The Morgan fingerprint density at radius 2 is 1.43 bits per heavy atom. The molecular formula is C19H12F8N2O. The standard InChI is InChI=1S/C19H12F8N2O/c1-9-14(20)16(10-3-5-11(6-4-10)18(22,23)24)28-17(15(9)21)30-13-7-12(8-29(13)2)19(25,26)27/h3-8H,1-2H3. The molecule has 0 aliphatic heterocycles. The highest BCUT2D eigenvalue weighted by Crippen LogP contribution is 2.37. The first-order chi connectivity index (χ1) is 13.8. The van der Waals surface area contributed by atoms with Gasteiger partial charge < -0.3 is 9.30 Å². The molecule has 160 valence electrons. The maximum atomic E-state index is 14.5. The fraction of sp³-hybridized carbons (Fsp3) is 0.211. The highest BCUT2D eigenvalue weighted by Gasteiger charge is 2.33. The zero-order chi connectivity index (χ0) is 22.4. The Hall–Kier alpha value is -3.11. The van der Waals surface area contributed by atoms with Crippen LogP contribution in [-0.2, 0) is 19.4 Å². The van der Waals surface area contributed by atoms with E-state index in [0.717, 1.165) is 23.6 Å². The maximum Gasteiger partial charge on any atom is 0.418 e. The number of alkyl halides is 6. The predicted molar refractivity (Wildman–Crippen MR) is 89.8 cm³/mol. The lowest BCUT2D eigenvalue weighted by Gasteiger charge is -2.13. The van der Waals surface area contributed by atoms with Crippen molar-refractivity contribution in [3.63, 3.8) is 0 Å². The van der Waals surface area contributed by atoms with Crippen molar-refractivity contribution in [2.75, 3.05) is 0 Å². The van der Waals surface area contributed by atoms with Crippen LogP contribution in [0.4, 0.5) is 35.1 Å². The lowest BCUT2D eigenvalue weighted by molar-refractivity contribution is -0.138. The van der Waals surface area contributed by atoms with Crippen molar-refractivity contribution in [3.8, 4) is 23.0 Å². The summed E-state index contributed by atoms with van der Waals surface area (Å²) in [7, 11) is 1.22. The second-order valence-electron chi connectivity index (χ2n) is 6.37. The summed E-state index contributed by atoms with van der Waals surface area (Å²) in [6.45, 7) is 1.04. The first kappa shape index (κ1) is 21.6. The van der Waals surface area contributed by atoms with Gasteiger partial charge in [0.05, 0.1) is 11.1 Å². The molecule has 30 heavy (non-hydrogen) atoms. The highest BCUT2D eigenvalue weighted by molar-refractivity contribution is 5.62. The number of rotatable bonds is 3. The molecule has 1 aromatic carbocycles. The molecule has 0 amide bonds. The van der Waals surface area contributed by atoms with Gasteiger partial charge in [-0.15, -0.1) is 0 Å². The first-order valence-electron chi connectivity index (χ1n) is 8.23. The van der Waals surface area contributed by atoms with Gasteiger partial charge in [-0.05, 0) is 19.1 Å². The van der Waals surface area contributed by atoms with Crippen LogP contribution < -0.4 is 4.74 Å². The van der Waals surface area contributed by atoms with Crippen molar-refractivity contribution < 1.29 is 39.9 Å². The molecule has 0 atom stereocenters. The van der Waals surface area contributed by atoms with E-state index in [9.17, 15) is 35.1 Å². The van der Waals surface area contributed by atoms with Gasteiger partial charge in [0.15, 0.2) is 11.6 Å². The number of pyridine rings is 1. The molecule has 0 saturated heterocycles. The first-order valence-corrected chi connectivity index (χ1v) is 8.23. The minimum atomic E-state index is -4.67. The van der Waals surface area contributed by atoms with Crippen LogP contribution in [0.3, 0.4) is 0 Å². The number of hydrogen-bond donors (Lipinski definition) is 0. The van der Waals surface area contributed by atoms with Gasteiger partial charge in [0.1, 0.15) is 5.69 Å². The van der Waals surface area contributed by atoms with E-state index in [2.05, 4.69) is 4.98 Å². The molecule has 3 aromatic rings. The average Bonchev–Trinajstić information content (AvgIpc) is 3.02. The Kier molecular flexibility index (Phi) is 5.25. The fourth-order valence-electron chi connectivity index (χ4n) is 2.61. The van der Waals surface area contributed by atoms with Crippen molar-refractivity contribution in [2.45, 2.75) is 19.3 Å². The van der Waals surface area contributed by atoms with Crippen molar-refractivity contribution >= 4 is 0 Å². The molecule has 0 unspecified atom stereocenters. The summed E-state index contributed by atoms with van der Waals surface area (Å²) in [5, 5.41) is 0. The topological polar surface area (TPSA) is 27.1 Å². The Bertz CT molecular complexity index is 1080. The van der Waals surface area contributed by atoms with Gasteiger partial charge >= 0.3 is 12.4 Å². The van der Waals surface area contributed by atoms with Gasteiger partial charge in [-0.2, -0.15) is 26.3 Å². The van der Waals surface area contributed by atoms with Crippen LogP contribution in [0.15, 0.2) is 36.5 Å². The molecule has 0 saturated carbocycles. The van der Waals surface area contributed by atoms with Crippen LogP contribution in [0, 0.1) is 18.6 Å². The molecule has 0 radical (unpaired) electrons. The van der Waals surface area contributed by atoms with Gasteiger partial charge in [0.25, 0.3) is 5.88 Å².